The van der Waals surface area contributed by atoms with Gasteiger partial charge in [-0.2, -0.15) is 0 Å². The standard InChI is InChI=1S/C71H48N6O12/c1-6-10-37-15-17-46-39(19-37)16-18-63-48(46)31-50(70(80)87-63)55-23-43(24-56(77-55)51-32-53-65(85-5)27-45(83-3)29-67(53)89-71(51)81)42-22-54(40-13-9-12-38(20-40)47-30-52-64(84-4)26-44(82-2)28-66(52)88-68(47)78)76-57(25-42)59-34-75-61(36-74-59)60-35-72-58(33-73-60)49-21-41-11-7-8-14-62(41)86-69(49)79/h7-9,11-36H,6,10H2,1-5H3. The van der Waals surface area contributed by atoms with Crippen LogP contribution in [0.2, 0.25) is 0 Å². The van der Waals surface area contributed by atoms with Crippen LogP contribution in [0.4, 0.5) is 0 Å². The highest BCUT2D eigenvalue weighted by molar-refractivity contribution is 6.07. The lowest BCUT2D eigenvalue weighted by Gasteiger charge is -2.14. The Bertz CT molecular complexity index is 5450. The third kappa shape index (κ3) is 10.2. The lowest BCUT2D eigenvalue weighted by Crippen LogP contribution is -2.08. The van der Waals surface area contributed by atoms with Crippen LogP contribution in [0.25, 0.3) is 145 Å². The highest BCUT2D eigenvalue weighted by Gasteiger charge is 2.22. The predicted molar refractivity (Wildman–Crippen MR) is 339 cm³/mol. The fourth-order valence-corrected chi connectivity index (χ4v) is 11.1. The zero-order valence-corrected chi connectivity index (χ0v) is 48.2. The molecule has 14 aromatic rings. The number of benzene rings is 6. The number of fused-ring (bicyclic) bond motifs is 6. The molecule has 18 nitrogen and oxygen atoms in total. The molecule has 0 saturated carbocycles. The first-order chi connectivity index (χ1) is 43.4. The van der Waals surface area contributed by atoms with Gasteiger partial charge in [-0.25, -0.2) is 29.1 Å². The van der Waals surface area contributed by atoms with Gasteiger partial charge in [0.1, 0.15) is 62.4 Å². The fraction of sp³-hybridized carbons (Fsp3) is 0.0986. The van der Waals surface area contributed by atoms with Crippen molar-refractivity contribution in [2.45, 2.75) is 19.8 Å². The molecule has 0 saturated heterocycles. The minimum Gasteiger partial charge on any atom is -0.496 e. The van der Waals surface area contributed by atoms with Crippen LogP contribution in [0, 0.1) is 0 Å². The van der Waals surface area contributed by atoms with E-state index in [1.165, 1.54) is 46.4 Å². The first-order valence-corrected chi connectivity index (χ1v) is 28.2. The second-order valence-corrected chi connectivity index (χ2v) is 21.0. The summed E-state index contributed by atoms with van der Waals surface area (Å²) in [6, 6.07) is 45.1. The molecular formula is C71H48N6O12. The van der Waals surface area contributed by atoms with Crippen molar-refractivity contribution in [3.63, 3.8) is 0 Å². The quantitative estimate of drug-likeness (QED) is 0.0727. The van der Waals surface area contributed by atoms with Crippen LogP contribution in [0.15, 0.2) is 213 Å². The number of pyridine rings is 2. The maximum absolute atomic E-state index is 14.4. The van der Waals surface area contributed by atoms with E-state index >= 15 is 0 Å². The Morgan fingerprint density at radius 2 is 0.865 bits per heavy atom. The van der Waals surface area contributed by atoms with Crippen LogP contribution >= 0.6 is 0 Å². The molecule has 0 N–H and O–H groups in total. The SMILES string of the molecule is CCCc1ccc2c(ccc3oc(=O)c(-c4cc(-c5cc(-c6cccc(-c7cc8c(OC)cc(OC)cc8oc7=O)c6)nc(-c6cnc(-c7cnc(-c8cc9ccccc9oc8=O)cn7)cn6)c5)cc(-c5cc6c(OC)cc(OC)cc6oc5=O)n4)cc32)c1. The van der Waals surface area contributed by atoms with E-state index in [0.717, 1.165) is 29.0 Å². The first-order valence-electron chi connectivity index (χ1n) is 28.2. The molecule has 14 rings (SSSR count). The topological polar surface area (TPSA) is 235 Å². The van der Waals surface area contributed by atoms with E-state index in [2.05, 4.69) is 29.0 Å². The molecular weight excluding hydrogens is 1130 g/mol. The fourth-order valence-electron chi connectivity index (χ4n) is 11.1. The number of methoxy groups -OCH3 is 4. The molecule has 0 bridgehead atoms. The summed E-state index contributed by atoms with van der Waals surface area (Å²) in [4.78, 5) is 84.8. The summed E-state index contributed by atoms with van der Waals surface area (Å²) in [5, 5.41) is 4.28. The summed E-state index contributed by atoms with van der Waals surface area (Å²) < 4.78 is 46.0. The van der Waals surface area contributed by atoms with Crippen molar-refractivity contribution in [3.05, 3.63) is 224 Å². The minimum atomic E-state index is -0.722. The van der Waals surface area contributed by atoms with E-state index in [0.29, 0.717) is 107 Å². The number of ether oxygens (including phenoxy) is 4. The first kappa shape index (κ1) is 55.0. The third-order valence-corrected chi connectivity index (χ3v) is 15.6. The van der Waals surface area contributed by atoms with Crippen molar-refractivity contribution in [2.24, 2.45) is 0 Å². The van der Waals surface area contributed by atoms with Gasteiger partial charge >= 0.3 is 22.5 Å². The number of aryl methyl sites for hydroxylation is 1. The van der Waals surface area contributed by atoms with Gasteiger partial charge in [0, 0.05) is 40.6 Å². The molecule has 0 aliphatic carbocycles. The number of hydrogen-bond donors (Lipinski definition) is 0. The normalized spacial score (nSPS) is 11.5. The van der Waals surface area contributed by atoms with E-state index in [1.54, 1.807) is 103 Å². The number of hydrogen-bond acceptors (Lipinski definition) is 18. The van der Waals surface area contributed by atoms with Crippen LogP contribution in [0.3, 0.4) is 0 Å². The second-order valence-electron chi connectivity index (χ2n) is 21.0. The molecule has 6 aromatic carbocycles. The zero-order chi connectivity index (χ0) is 61.0. The maximum Gasteiger partial charge on any atom is 0.345 e. The van der Waals surface area contributed by atoms with Gasteiger partial charge in [-0.15, -0.1) is 0 Å². The van der Waals surface area contributed by atoms with E-state index in [9.17, 15) is 19.2 Å². The Morgan fingerprint density at radius 1 is 0.348 bits per heavy atom. The zero-order valence-electron chi connectivity index (χ0n) is 48.2. The van der Waals surface area contributed by atoms with Crippen molar-refractivity contribution in [1.29, 1.82) is 0 Å². The van der Waals surface area contributed by atoms with Crippen LogP contribution in [-0.4, -0.2) is 58.3 Å². The highest BCUT2D eigenvalue weighted by Crippen LogP contribution is 2.39. The Morgan fingerprint density at radius 3 is 1.48 bits per heavy atom. The molecule has 8 heterocycles. The highest BCUT2D eigenvalue weighted by atomic mass is 16.5. The van der Waals surface area contributed by atoms with Crippen molar-refractivity contribution < 1.29 is 36.6 Å². The van der Waals surface area contributed by atoms with Crippen molar-refractivity contribution in [1.82, 2.24) is 29.9 Å². The second kappa shape index (κ2) is 22.5. The van der Waals surface area contributed by atoms with Gasteiger partial charge in [0.25, 0.3) is 0 Å². The lowest BCUT2D eigenvalue weighted by atomic mass is 9.96. The molecule has 0 aliphatic rings. The Kier molecular flexibility index (Phi) is 13.9. The molecule has 0 unspecified atom stereocenters. The molecule has 18 heteroatoms. The van der Waals surface area contributed by atoms with Gasteiger partial charge in [-0.05, 0) is 106 Å². The van der Waals surface area contributed by atoms with Crippen LogP contribution in [0.1, 0.15) is 18.9 Å². The maximum atomic E-state index is 14.4. The van der Waals surface area contributed by atoms with Crippen LogP contribution < -0.4 is 41.4 Å². The summed E-state index contributed by atoms with van der Waals surface area (Å²) in [5.41, 5.74) is 5.39. The van der Waals surface area contributed by atoms with Crippen LogP contribution in [0.5, 0.6) is 23.0 Å². The Balaban J connectivity index is 0.949. The van der Waals surface area contributed by atoms with Crippen molar-refractivity contribution in [3.8, 4) is 113 Å². The van der Waals surface area contributed by atoms with E-state index in [1.807, 2.05) is 48.5 Å². The van der Waals surface area contributed by atoms with Gasteiger partial charge in [0.2, 0.25) is 0 Å². The van der Waals surface area contributed by atoms with Gasteiger partial charge in [-0.1, -0.05) is 74.0 Å². The summed E-state index contributed by atoms with van der Waals surface area (Å²) in [6.45, 7) is 2.13. The lowest BCUT2D eigenvalue weighted by molar-refractivity contribution is 0.395. The molecule has 0 aliphatic heterocycles. The van der Waals surface area contributed by atoms with Gasteiger partial charge in [0.05, 0.1) is 115 Å². The van der Waals surface area contributed by atoms with Gasteiger partial charge in [-0.3, -0.25) is 19.9 Å². The Hall–Kier alpha value is -11.9. The molecule has 0 radical (unpaired) electrons. The molecule has 0 amide bonds. The number of rotatable bonds is 14. The summed E-state index contributed by atoms with van der Waals surface area (Å²) in [7, 11) is 6.04. The third-order valence-electron chi connectivity index (χ3n) is 15.6. The van der Waals surface area contributed by atoms with Crippen LogP contribution in [-0.2, 0) is 6.42 Å². The molecule has 0 spiro atoms. The minimum absolute atomic E-state index is 0.0629. The molecule has 8 aromatic heterocycles. The van der Waals surface area contributed by atoms with E-state index in [4.69, 9.17) is 56.6 Å². The number of aromatic nitrogens is 6. The largest absolute Gasteiger partial charge is 0.496 e. The summed E-state index contributed by atoms with van der Waals surface area (Å²) in [6.07, 6.45) is 7.96. The molecule has 89 heavy (non-hydrogen) atoms. The van der Waals surface area contributed by atoms with Gasteiger partial charge < -0.3 is 36.6 Å². The molecule has 0 atom stereocenters. The van der Waals surface area contributed by atoms with Crippen molar-refractivity contribution >= 4 is 54.6 Å². The predicted octanol–water partition coefficient (Wildman–Crippen LogP) is 14.0. The van der Waals surface area contributed by atoms with Crippen molar-refractivity contribution in [2.75, 3.05) is 28.4 Å². The summed E-state index contributed by atoms with van der Waals surface area (Å²) in [5.74, 6) is 1.69. The molecule has 0 fully saturated rings. The smallest absolute Gasteiger partial charge is 0.345 e. The van der Waals surface area contributed by atoms with E-state index in [-0.39, 0.29) is 44.8 Å². The average molecular weight is 1180 g/mol. The Labute approximate surface area is 503 Å². The summed E-state index contributed by atoms with van der Waals surface area (Å²) >= 11 is 0. The average Bonchev–Trinajstić information content (AvgIpc) is 1.35. The van der Waals surface area contributed by atoms with Gasteiger partial charge in [0.15, 0.2) is 0 Å². The number of para-hydroxylation sites is 1. The van der Waals surface area contributed by atoms with E-state index < -0.39 is 22.5 Å². The monoisotopic (exact) mass is 1180 g/mol. The molecule has 434 valence electrons. The number of nitrogens with zero attached hydrogens (tertiary/aromatic N) is 6.